The first kappa shape index (κ1) is 33.1. The summed E-state index contributed by atoms with van der Waals surface area (Å²) in [5.74, 6) is 0.802. The number of ether oxygens (including phenoxy) is 2. The van der Waals surface area contributed by atoms with Crippen molar-refractivity contribution in [1.82, 2.24) is 26.2 Å². The minimum atomic E-state index is -0.131. The maximum atomic E-state index is 12.9. The molecule has 0 aromatic carbocycles. The lowest BCUT2D eigenvalue weighted by molar-refractivity contribution is -0.125. The number of alkyl halides is 1. The summed E-state index contributed by atoms with van der Waals surface area (Å²) in [4.78, 5) is 27.2. The van der Waals surface area contributed by atoms with Crippen LogP contribution in [0.1, 0.15) is 71.6 Å². The molecule has 0 radical (unpaired) electrons. The van der Waals surface area contributed by atoms with E-state index in [1.807, 2.05) is 21.0 Å². The number of amides is 1. The lowest BCUT2D eigenvalue weighted by Crippen LogP contribution is -2.67. The molecule has 1 amide bonds. The van der Waals surface area contributed by atoms with Crippen molar-refractivity contribution in [1.29, 1.82) is 0 Å². The number of hydrogen-bond acceptors (Lipinski definition) is 8. The number of piperidine rings is 2. The Kier molecular flexibility index (Phi) is 13.2. The van der Waals surface area contributed by atoms with E-state index in [0.29, 0.717) is 31.5 Å². The molecule has 0 bridgehead atoms. The number of carbonyl (C=O) groups is 2. The van der Waals surface area contributed by atoms with Crippen molar-refractivity contribution < 1.29 is 19.1 Å². The van der Waals surface area contributed by atoms with Crippen LogP contribution < -0.4 is 21.3 Å². The summed E-state index contributed by atoms with van der Waals surface area (Å²) in [6, 6.07) is 0.761. The fraction of sp³-hybridized carbons (Fsp3) is 0.935. The number of rotatable bonds is 13. The molecule has 41 heavy (non-hydrogen) atoms. The third-order valence-electron chi connectivity index (χ3n) is 10.00. The van der Waals surface area contributed by atoms with Gasteiger partial charge in [0.1, 0.15) is 6.29 Å². The molecule has 4 fully saturated rings. The van der Waals surface area contributed by atoms with E-state index in [1.165, 1.54) is 12.8 Å². The third kappa shape index (κ3) is 9.34. The zero-order valence-electron chi connectivity index (χ0n) is 25.8. The van der Waals surface area contributed by atoms with Crippen molar-refractivity contribution in [3.63, 3.8) is 0 Å². The van der Waals surface area contributed by atoms with Crippen molar-refractivity contribution >= 4 is 23.8 Å². The van der Waals surface area contributed by atoms with Crippen LogP contribution in [0.2, 0.25) is 0 Å². The Morgan fingerprint density at radius 3 is 2.63 bits per heavy atom. The van der Waals surface area contributed by atoms with E-state index in [-0.39, 0.29) is 59.5 Å². The average Bonchev–Trinajstić information content (AvgIpc) is 2.94. The summed E-state index contributed by atoms with van der Waals surface area (Å²) in [5.41, 5.74) is 0. The van der Waals surface area contributed by atoms with Crippen LogP contribution in [-0.4, -0.2) is 112 Å². The molecule has 4 aliphatic rings. The molecule has 2 saturated heterocycles. The van der Waals surface area contributed by atoms with Crippen LogP contribution in [0.4, 0.5) is 0 Å². The monoisotopic (exact) mass is 597 g/mol. The van der Waals surface area contributed by atoms with Crippen molar-refractivity contribution in [3.8, 4) is 0 Å². The largest absolute Gasteiger partial charge is 0.377 e. The van der Waals surface area contributed by atoms with E-state index < -0.39 is 0 Å². The van der Waals surface area contributed by atoms with Gasteiger partial charge < -0.3 is 40.4 Å². The maximum Gasteiger partial charge on any atom is 0.220 e. The molecular formula is C31H56ClN5O4. The Morgan fingerprint density at radius 1 is 1.10 bits per heavy atom. The minimum absolute atomic E-state index is 0.0190. The Balaban J connectivity index is 1.35. The van der Waals surface area contributed by atoms with Crippen molar-refractivity contribution in [2.24, 2.45) is 17.8 Å². The smallest absolute Gasteiger partial charge is 0.220 e. The number of carbonyl (C=O) groups excluding carboxylic acids is 2. The molecule has 0 spiro atoms. The fourth-order valence-electron chi connectivity index (χ4n) is 7.57. The van der Waals surface area contributed by atoms with Gasteiger partial charge >= 0.3 is 0 Å². The quantitative estimate of drug-likeness (QED) is 0.189. The van der Waals surface area contributed by atoms with Gasteiger partial charge in [0.15, 0.2) is 0 Å². The van der Waals surface area contributed by atoms with Crippen molar-refractivity contribution in [2.75, 3.05) is 46.9 Å². The zero-order valence-corrected chi connectivity index (χ0v) is 26.5. The van der Waals surface area contributed by atoms with Crippen LogP contribution in [-0.2, 0) is 19.1 Å². The van der Waals surface area contributed by atoms with Crippen LogP contribution >= 0.6 is 11.6 Å². The first-order valence-electron chi connectivity index (χ1n) is 16.3. The maximum absolute atomic E-state index is 12.9. The first-order valence-corrected chi connectivity index (χ1v) is 16.7. The standard InChI is InChI=1S/C31H56ClN5O4/c1-5-40-29-16-26-23(15-27(29)35-30(39)9-7-13-37(3)4)31(21(18-38)17-34-26)36-25-11-10-22(14-24(25)32)41-19-28-20(2)8-6-12-33-28/h18,20-29,31,33-34,36H,5-17,19H2,1-4H3,(H,35,39). The molecule has 10 heteroatoms. The second-order valence-corrected chi connectivity index (χ2v) is 13.8. The van der Waals surface area contributed by atoms with Gasteiger partial charge in [0.25, 0.3) is 0 Å². The van der Waals surface area contributed by atoms with Gasteiger partial charge in [-0.05, 0) is 97.3 Å². The van der Waals surface area contributed by atoms with Crippen LogP contribution in [0, 0.1) is 17.8 Å². The first-order chi connectivity index (χ1) is 19.8. The van der Waals surface area contributed by atoms with Crippen molar-refractivity contribution in [3.05, 3.63) is 0 Å². The lowest BCUT2D eigenvalue weighted by atomic mass is 9.69. The molecule has 9 nitrogen and oxygen atoms in total. The molecule has 2 aliphatic heterocycles. The fourth-order valence-corrected chi connectivity index (χ4v) is 7.97. The number of aldehydes is 1. The van der Waals surface area contributed by atoms with Crippen molar-refractivity contribution in [2.45, 2.75) is 119 Å². The number of hydrogen-bond donors (Lipinski definition) is 4. The van der Waals surface area contributed by atoms with E-state index in [0.717, 1.165) is 64.5 Å². The van der Waals surface area contributed by atoms with Crippen LogP contribution in [0.25, 0.3) is 0 Å². The second kappa shape index (κ2) is 16.3. The van der Waals surface area contributed by atoms with Crippen LogP contribution in [0.3, 0.4) is 0 Å². The number of halogens is 1. The highest BCUT2D eigenvalue weighted by Crippen LogP contribution is 2.36. The number of nitrogens with one attached hydrogen (secondary N) is 4. The highest BCUT2D eigenvalue weighted by molar-refractivity contribution is 6.21. The van der Waals surface area contributed by atoms with Gasteiger partial charge in [-0.2, -0.15) is 0 Å². The van der Waals surface area contributed by atoms with Crippen LogP contribution in [0.5, 0.6) is 0 Å². The summed E-state index contributed by atoms with van der Waals surface area (Å²) >= 11 is 7.00. The molecular weight excluding hydrogens is 542 g/mol. The highest BCUT2D eigenvalue weighted by Gasteiger charge is 2.47. The zero-order chi connectivity index (χ0) is 29.4. The van der Waals surface area contributed by atoms with E-state index in [1.54, 1.807) is 0 Å². The average molecular weight is 598 g/mol. The molecule has 236 valence electrons. The Morgan fingerprint density at radius 2 is 1.93 bits per heavy atom. The molecule has 2 heterocycles. The van der Waals surface area contributed by atoms with Gasteiger partial charge in [-0.1, -0.05) is 6.92 Å². The van der Waals surface area contributed by atoms with Gasteiger partial charge in [-0.3, -0.25) is 4.79 Å². The summed E-state index contributed by atoms with van der Waals surface area (Å²) in [7, 11) is 4.05. The third-order valence-corrected chi connectivity index (χ3v) is 10.5. The summed E-state index contributed by atoms with van der Waals surface area (Å²) in [6.07, 6.45) is 9.43. The lowest BCUT2D eigenvalue weighted by Gasteiger charge is -2.51. The van der Waals surface area contributed by atoms with Gasteiger partial charge in [-0.15, -0.1) is 11.6 Å². The molecule has 0 aromatic heterocycles. The number of nitrogens with zero attached hydrogens (tertiary/aromatic N) is 1. The SMILES string of the molecule is CCOC1CC2NCC(C=O)C(NC3CCC(OCC4NCCCC4C)CC3Cl)C2CC1NC(=O)CCCN(C)C. The molecule has 0 aromatic rings. The van der Waals surface area contributed by atoms with Gasteiger partial charge in [0.05, 0.1) is 30.2 Å². The molecule has 4 rings (SSSR count). The predicted molar refractivity (Wildman–Crippen MR) is 163 cm³/mol. The molecule has 11 atom stereocenters. The van der Waals surface area contributed by atoms with Gasteiger partial charge in [-0.25, -0.2) is 0 Å². The second-order valence-electron chi connectivity index (χ2n) is 13.3. The highest BCUT2D eigenvalue weighted by atomic mass is 35.5. The van der Waals surface area contributed by atoms with E-state index in [2.05, 4.69) is 33.1 Å². The Bertz CT molecular complexity index is 821. The summed E-state index contributed by atoms with van der Waals surface area (Å²) < 4.78 is 12.5. The van der Waals surface area contributed by atoms with E-state index in [4.69, 9.17) is 21.1 Å². The van der Waals surface area contributed by atoms with Crippen LogP contribution in [0.15, 0.2) is 0 Å². The number of fused-ring (bicyclic) bond motifs is 1. The minimum Gasteiger partial charge on any atom is -0.377 e. The molecule has 4 N–H and O–H groups in total. The molecule has 11 unspecified atom stereocenters. The van der Waals surface area contributed by atoms with Gasteiger partial charge in [0.2, 0.25) is 5.91 Å². The van der Waals surface area contributed by atoms with E-state index >= 15 is 0 Å². The normalized spacial score (nSPS) is 39.7. The molecule has 2 aliphatic carbocycles. The Hall–Kier alpha value is -0.810. The van der Waals surface area contributed by atoms with E-state index in [9.17, 15) is 9.59 Å². The predicted octanol–water partition coefficient (Wildman–Crippen LogP) is 2.31. The summed E-state index contributed by atoms with van der Waals surface area (Å²) in [6.45, 7) is 8.31. The topological polar surface area (TPSA) is 104 Å². The Labute approximate surface area is 252 Å². The van der Waals surface area contributed by atoms with Gasteiger partial charge in [0, 0.05) is 49.7 Å². The molecule has 2 saturated carbocycles. The summed E-state index contributed by atoms with van der Waals surface area (Å²) in [5, 5.41) is 14.4.